The lowest BCUT2D eigenvalue weighted by Gasteiger charge is -2.33. The number of ether oxygens (including phenoxy) is 2. The number of benzene rings is 2. The summed E-state index contributed by atoms with van der Waals surface area (Å²) in [6, 6.07) is 8.88. The van der Waals surface area contributed by atoms with E-state index >= 15 is 0 Å². The molecule has 2 aromatic heterocycles. The van der Waals surface area contributed by atoms with Crippen molar-refractivity contribution < 1.29 is 27.6 Å². The maximum atomic E-state index is 14.3. The largest absolute Gasteiger partial charge is 0.453 e. The Labute approximate surface area is 303 Å². The average molecular weight is 732 g/mol. The summed E-state index contributed by atoms with van der Waals surface area (Å²) in [5.74, 6) is -0.103. The number of carbonyl (C=O) groups is 1. The van der Waals surface area contributed by atoms with Crippen molar-refractivity contribution in [2.75, 3.05) is 56.2 Å². The van der Waals surface area contributed by atoms with Gasteiger partial charge in [-0.2, -0.15) is 0 Å². The Hall–Kier alpha value is -4.99. The Morgan fingerprint density at radius 3 is 2.71 bits per heavy atom. The number of hydrogen-bond donors (Lipinski definition) is 4. The summed E-state index contributed by atoms with van der Waals surface area (Å²) in [7, 11) is -4.57. The van der Waals surface area contributed by atoms with Gasteiger partial charge in [0.2, 0.25) is 0 Å². The second-order valence-corrected chi connectivity index (χ2v) is 14.8. The number of nitrogens with zero attached hydrogens (tertiary/aromatic N) is 3. The van der Waals surface area contributed by atoms with Crippen LogP contribution in [0.4, 0.5) is 17.1 Å². The number of aromatic amines is 1. The first-order chi connectivity index (χ1) is 25.1. The summed E-state index contributed by atoms with van der Waals surface area (Å²) in [4.78, 5) is 34.9. The van der Waals surface area contributed by atoms with Crippen molar-refractivity contribution in [2.45, 2.75) is 50.8 Å². The predicted molar refractivity (Wildman–Crippen MR) is 201 cm³/mol. The van der Waals surface area contributed by atoms with Crippen LogP contribution in [-0.4, -0.2) is 75.2 Å². The van der Waals surface area contributed by atoms with Crippen LogP contribution in [0.1, 0.15) is 60.5 Å². The van der Waals surface area contributed by atoms with Crippen molar-refractivity contribution in [2.24, 2.45) is 5.92 Å². The molecule has 0 radical (unpaired) electrons. The first-order valence-electron chi connectivity index (χ1n) is 17.7. The molecule has 6 rings (SSSR count). The van der Waals surface area contributed by atoms with Crippen LogP contribution in [0.15, 0.2) is 59.8 Å². The number of hydrogen-bond acceptors (Lipinski definition) is 11. The zero-order chi connectivity index (χ0) is 36.7. The first kappa shape index (κ1) is 36.8. The maximum Gasteiger partial charge on any atom is 0.293 e. The third-order valence-electron chi connectivity index (χ3n) is 9.47. The van der Waals surface area contributed by atoms with Gasteiger partial charge >= 0.3 is 0 Å². The summed E-state index contributed by atoms with van der Waals surface area (Å²) < 4.78 is 41.7. The number of nitrogens with one attached hydrogen (secondary N) is 4. The van der Waals surface area contributed by atoms with E-state index in [1.54, 1.807) is 24.5 Å². The highest BCUT2D eigenvalue weighted by Crippen LogP contribution is 2.42. The van der Waals surface area contributed by atoms with Crippen LogP contribution in [0.5, 0.6) is 11.5 Å². The van der Waals surface area contributed by atoms with Crippen molar-refractivity contribution in [3.8, 4) is 11.5 Å². The lowest BCUT2D eigenvalue weighted by atomic mass is 9.98. The molecule has 15 heteroatoms. The standard InChI is InChI=1S/C37H45N7O7S/c1-3-4-5-6-7-27-21-31(35(34(25(27)2)43-16-14-38-15-17-43)51-29-20-28-10-13-39-36(28)41-24-29)37(45)42-52(48,49)30-8-9-32(33(22-30)44(46)47)40-23-26-11-18-50-19-12-26/h6-10,13,20-22,24,26,38,40H,3-5,11-12,14-19,23H2,1-2H3,(H,39,41)(H,42,45). The Balaban J connectivity index is 1.38. The van der Waals surface area contributed by atoms with Gasteiger partial charge in [-0.1, -0.05) is 31.9 Å². The number of unbranched alkanes of at least 4 members (excludes halogenated alkanes) is 2. The molecule has 4 aromatic rings. The van der Waals surface area contributed by atoms with Gasteiger partial charge in [-0.25, -0.2) is 18.1 Å². The van der Waals surface area contributed by atoms with Crippen molar-refractivity contribution >= 4 is 50.1 Å². The summed E-state index contributed by atoms with van der Waals surface area (Å²) in [6.45, 7) is 8.51. The van der Waals surface area contributed by atoms with Crippen molar-refractivity contribution in [3.63, 3.8) is 0 Å². The van der Waals surface area contributed by atoms with Crippen LogP contribution in [0.25, 0.3) is 17.1 Å². The van der Waals surface area contributed by atoms with E-state index in [4.69, 9.17) is 9.47 Å². The molecule has 2 aromatic carbocycles. The minimum atomic E-state index is -4.57. The van der Waals surface area contributed by atoms with Gasteiger partial charge in [-0.05, 0) is 73.6 Å². The number of carbonyl (C=O) groups excluding carboxylic acids is 1. The lowest BCUT2D eigenvalue weighted by Crippen LogP contribution is -2.44. The molecule has 0 bridgehead atoms. The van der Waals surface area contributed by atoms with Crippen LogP contribution < -0.4 is 25.0 Å². The average Bonchev–Trinajstić information content (AvgIpc) is 3.62. The van der Waals surface area contributed by atoms with Gasteiger partial charge in [0.05, 0.1) is 27.3 Å². The fraction of sp³-hybridized carbons (Fsp3) is 0.405. The van der Waals surface area contributed by atoms with Crippen LogP contribution in [0.2, 0.25) is 0 Å². The fourth-order valence-corrected chi connectivity index (χ4v) is 7.51. The molecule has 0 unspecified atom stereocenters. The zero-order valence-electron chi connectivity index (χ0n) is 29.4. The highest BCUT2D eigenvalue weighted by molar-refractivity contribution is 7.90. The Morgan fingerprint density at radius 1 is 1.17 bits per heavy atom. The molecule has 0 spiro atoms. The summed E-state index contributed by atoms with van der Waals surface area (Å²) >= 11 is 0. The van der Waals surface area contributed by atoms with Gasteiger partial charge in [0.15, 0.2) is 5.75 Å². The molecule has 0 atom stereocenters. The van der Waals surface area contributed by atoms with Crippen LogP contribution in [0.3, 0.4) is 0 Å². The number of anilines is 2. The summed E-state index contributed by atoms with van der Waals surface area (Å²) in [5, 5.41) is 19.3. The molecule has 52 heavy (non-hydrogen) atoms. The van der Waals surface area contributed by atoms with Crippen LogP contribution in [-0.2, 0) is 14.8 Å². The van der Waals surface area contributed by atoms with Crippen molar-refractivity contribution in [1.82, 2.24) is 20.0 Å². The van der Waals surface area contributed by atoms with E-state index < -0.39 is 31.4 Å². The monoisotopic (exact) mass is 731 g/mol. The van der Waals surface area contributed by atoms with E-state index in [9.17, 15) is 23.3 Å². The number of amides is 1. The number of nitro groups is 1. The number of H-pyrrole nitrogens is 1. The molecule has 0 saturated carbocycles. The highest BCUT2D eigenvalue weighted by Gasteiger charge is 2.30. The molecule has 4 heterocycles. The van der Waals surface area contributed by atoms with E-state index in [0.717, 1.165) is 54.7 Å². The number of aromatic nitrogens is 2. The highest BCUT2D eigenvalue weighted by atomic mass is 32.2. The smallest absolute Gasteiger partial charge is 0.293 e. The van der Waals surface area contributed by atoms with E-state index in [0.29, 0.717) is 63.0 Å². The second kappa shape index (κ2) is 16.6. The fourth-order valence-electron chi connectivity index (χ4n) is 6.52. The molecule has 2 aliphatic rings. The molecule has 276 valence electrons. The zero-order valence-corrected chi connectivity index (χ0v) is 30.3. The summed E-state index contributed by atoms with van der Waals surface area (Å²) in [5.41, 5.74) is 2.75. The molecule has 2 saturated heterocycles. The third-order valence-corrected chi connectivity index (χ3v) is 10.8. The number of nitro benzene ring substituents is 1. The SMILES string of the molecule is CCCCC=Cc1cc(C(=O)NS(=O)(=O)c2ccc(NCC3CCOCC3)c([N+](=O)[O-])c2)c(Oc2cnc3[nH]ccc3c2)c(N2CCNCC2)c1C. The Bertz CT molecular complexity index is 2050. The van der Waals surface area contributed by atoms with Crippen molar-refractivity contribution in [1.29, 1.82) is 0 Å². The van der Waals surface area contributed by atoms with Gasteiger partial charge in [0, 0.05) is 63.6 Å². The Kier molecular flexibility index (Phi) is 11.7. The second-order valence-electron chi connectivity index (χ2n) is 13.1. The number of fused-ring (bicyclic) bond motifs is 1. The molecule has 4 N–H and O–H groups in total. The molecule has 14 nitrogen and oxygen atoms in total. The molecule has 2 fully saturated rings. The van der Waals surface area contributed by atoms with Gasteiger partial charge in [-0.3, -0.25) is 14.9 Å². The van der Waals surface area contributed by atoms with Crippen LogP contribution in [0, 0.1) is 23.0 Å². The molecular formula is C37H45N7O7S. The number of sulfonamides is 1. The van der Waals surface area contributed by atoms with E-state index in [1.165, 1.54) is 12.1 Å². The maximum absolute atomic E-state index is 14.3. The Morgan fingerprint density at radius 2 is 1.96 bits per heavy atom. The molecular weight excluding hydrogens is 687 g/mol. The number of pyridine rings is 1. The molecule has 1 amide bonds. The third kappa shape index (κ3) is 8.54. The number of piperazine rings is 1. The van der Waals surface area contributed by atoms with E-state index in [1.807, 2.05) is 25.1 Å². The van der Waals surface area contributed by atoms with Crippen LogP contribution >= 0.6 is 0 Å². The van der Waals surface area contributed by atoms with Gasteiger partial charge in [0.25, 0.3) is 21.6 Å². The van der Waals surface area contributed by atoms with Gasteiger partial charge in [0.1, 0.15) is 17.1 Å². The van der Waals surface area contributed by atoms with Gasteiger partial charge < -0.3 is 30.0 Å². The quantitative estimate of drug-likeness (QED) is 0.0664. The topological polar surface area (TPSA) is 181 Å². The minimum absolute atomic E-state index is 0.00346. The number of allylic oxidation sites excluding steroid dienone is 1. The minimum Gasteiger partial charge on any atom is -0.453 e. The van der Waals surface area contributed by atoms with Crippen molar-refractivity contribution in [3.05, 3.63) is 81.7 Å². The molecule has 0 aliphatic carbocycles. The lowest BCUT2D eigenvalue weighted by molar-refractivity contribution is -0.384. The number of rotatable bonds is 14. The van der Waals surface area contributed by atoms with Gasteiger partial charge in [-0.15, -0.1) is 0 Å². The van der Waals surface area contributed by atoms with E-state index in [-0.39, 0.29) is 22.9 Å². The normalized spacial score (nSPS) is 15.6. The summed E-state index contributed by atoms with van der Waals surface area (Å²) in [6.07, 6.45) is 11.8. The molecule has 2 aliphatic heterocycles. The van der Waals surface area contributed by atoms with E-state index in [2.05, 4.69) is 37.1 Å². The first-order valence-corrected chi connectivity index (χ1v) is 19.2. The predicted octanol–water partition coefficient (Wildman–Crippen LogP) is 6.14.